The van der Waals surface area contributed by atoms with Crippen molar-refractivity contribution in [1.29, 1.82) is 0 Å². The van der Waals surface area contributed by atoms with Gasteiger partial charge in [0.25, 0.3) is 0 Å². The topological polar surface area (TPSA) is 47.0 Å². The summed E-state index contributed by atoms with van der Waals surface area (Å²) in [6.07, 6.45) is 3.36. The highest BCUT2D eigenvalue weighted by molar-refractivity contribution is 7.92. The van der Waals surface area contributed by atoms with Crippen LogP contribution in [0.1, 0.15) is 5.56 Å². The van der Waals surface area contributed by atoms with E-state index in [9.17, 15) is 8.42 Å². The van der Waals surface area contributed by atoms with Gasteiger partial charge in [0, 0.05) is 22.5 Å². The molecular weight excluding hydrogens is 278 g/mol. The van der Waals surface area contributed by atoms with Crippen LogP contribution in [0.25, 0.3) is 10.1 Å². The van der Waals surface area contributed by atoms with E-state index in [-0.39, 0.29) is 5.75 Å². The minimum absolute atomic E-state index is 0.0358. The zero-order valence-electron chi connectivity index (χ0n) is 9.98. The molecule has 0 amide bonds. The molecule has 0 N–H and O–H groups in total. The molecule has 0 unspecified atom stereocenters. The van der Waals surface area contributed by atoms with Gasteiger partial charge < -0.3 is 0 Å². The van der Waals surface area contributed by atoms with Crippen LogP contribution in [0, 0.1) is 0 Å². The lowest BCUT2D eigenvalue weighted by molar-refractivity contribution is 0.597. The Balaban J connectivity index is 2.00. The van der Waals surface area contributed by atoms with E-state index in [1.165, 1.54) is 11.3 Å². The second-order valence-electron chi connectivity index (χ2n) is 4.22. The molecule has 0 atom stereocenters. The quantitative estimate of drug-likeness (QED) is 0.743. The highest BCUT2D eigenvalue weighted by atomic mass is 32.2. The van der Waals surface area contributed by atoms with Gasteiger partial charge in [-0.3, -0.25) is 4.98 Å². The highest BCUT2D eigenvalue weighted by Crippen LogP contribution is 2.30. The highest BCUT2D eigenvalue weighted by Gasteiger charge is 2.18. The Morgan fingerprint density at radius 2 is 1.89 bits per heavy atom. The molecule has 0 saturated heterocycles. The van der Waals surface area contributed by atoms with Crippen molar-refractivity contribution in [2.45, 2.75) is 9.96 Å². The molecule has 3 rings (SSSR count). The van der Waals surface area contributed by atoms with Crippen LogP contribution < -0.4 is 0 Å². The van der Waals surface area contributed by atoms with E-state index in [1.807, 2.05) is 36.4 Å². The van der Waals surface area contributed by atoms with Crippen molar-refractivity contribution in [2.75, 3.05) is 0 Å². The standard InChI is InChI=1S/C14H11NO2S2/c16-19(17,10-11-4-2-1-3-5-11)14-8-12-9-15-7-6-13(12)18-14/h1-9H,10H2. The molecule has 0 saturated carbocycles. The Bertz CT molecular complexity index is 775. The molecule has 3 aromatic rings. The lowest BCUT2D eigenvalue weighted by Crippen LogP contribution is -2.02. The molecule has 3 nitrogen and oxygen atoms in total. The van der Waals surface area contributed by atoms with Gasteiger partial charge in [-0.1, -0.05) is 30.3 Å². The van der Waals surface area contributed by atoms with Crippen molar-refractivity contribution >= 4 is 31.3 Å². The lowest BCUT2D eigenvalue weighted by Gasteiger charge is -2.01. The summed E-state index contributed by atoms with van der Waals surface area (Å²) in [6.45, 7) is 0. The van der Waals surface area contributed by atoms with E-state index in [1.54, 1.807) is 18.5 Å². The number of hydrogen-bond acceptors (Lipinski definition) is 4. The average molecular weight is 289 g/mol. The molecule has 0 aliphatic rings. The summed E-state index contributed by atoms with van der Waals surface area (Å²) in [7, 11) is -3.28. The lowest BCUT2D eigenvalue weighted by atomic mass is 10.2. The number of rotatable bonds is 3. The Morgan fingerprint density at radius 1 is 1.11 bits per heavy atom. The van der Waals surface area contributed by atoms with Crippen LogP contribution in [0.5, 0.6) is 0 Å². The fourth-order valence-electron chi connectivity index (χ4n) is 1.88. The number of hydrogen-bond donors (Lipinski definition) is 0. The molecular formula is C14H11NO2S2. The summed E-state index contributed by atoms with van der Waals surface area (Å²) in [6, 6.07) is 12.8. The van der Waals surface area contributed by atoms with Crippen LogP contribution in [0.15, 0.2) is 59.1 Å². The van der Waals surface area contributed by atoms with Crippen LogP contribution in [-0.2, 0) is 15.6 Å². The Labute approximate surface area is 115 Å². The molecule has 0 radical (unpaired) electrons. The number of benzene rings is 1. The van der Waals surface area contributed by atoms with Crippen LogP contribution in [0.2, 0.25) is 0 Å². The summed E-state index contributed by atoms with van der Waals surface area (Å²) in [5.41, 5.74) is 0.804. The number of fused-ring (bicyclic) bond motifs is 1. The SMILES string of the molecule is O=S(=O)(Cc1ccccc1)c1cc2cnccc2s1. The van der Waals surface area contributed by atoms with Crippen molar-refractivity contribution in [1.82, 2.24) is 4.98 Å². The maximum absolute atomic E-state index is 12.4. The number of sulfone groups is 1. The summed E-state index contributed by atoms with van der Waals surface area (Å²) < 4.78 is 26.1. The second kappa shape index (κ2) is 4.75. The fourth-order valence-corrected chi connectivity index (χ4v) is 4.67. The molecule has 0 fully saturated rings. The molecule has 96 valence electrons. The Kier molecular flexibility index (Phi) is 3.08. The van der Waals surface area contributed by atoms with Gasteiger partial charge in [0.05, 0.1) is 5.75 Å². The number of thiophene rings is 1. The van der Waals surface area contributed by atoms with Gasteiger partial charge in [-0.2, -0.15) is 0 Å². The van der Waals surface area contributed by atoms with Gasteiger partial charge >= 0.3 is 0 Å². The summed E-state index contributed by atoms with van der Waals surface area (Å²) in [5.74, 6) is 0.0358. The van der Waals surface area contributed by atoms with Crippen molar-refractivity contribution in [3.63, 3.8) is 0 Å². The van der Waals surface area contributed by atoms with E-state index in [0.29, 0.717) is 4.21 Å². The molecule has 2 heterocycles. The first-order chi connectivity index (χ1) is 9.15. The van der Waals surface area contributed by atoms with Crippen molar-refractivity contribution in [3.8, 4) is 0 Å². The molecule has 0 spiro atoms. The first kappa shape index (κ1) is 12.3. The predicted octanol–water partition coefficient (Wildman–Crippen LogP) is 3.27. The van der Waals surface area contributed by atoms with Crippen molar-refractivity contribution < 1.29 is 8.42 Å². The zero-order chi connectivity index (χ0) is 13.3. The molecule has 2 aromatic heterocycles. The zero-order valence-corrected chi connectivity index (χ0v) is 11.6. The maximum atomic E-state index is 12.4. The minimum Gasteiger partial charge on any atom is -0.264 e. The Hall–Kier alpha value is -1.72. The third kappa shape index (κ3) is 2.52. The third-order valence-electron chi connectivity index (χ3n) is 2.80. The number of pyridine rings is 1. The van der Waals surface area contributed by atoms with Gasteiger partial charge in [-0.05, 0) is 17.7 Å². The molecule has 0 bridgehead atoms. The Morgan fingerprint density at radius 3 is 2.63 bits per heavy atom. The average Bonchev–Trinajstić information content (AvgIpc) is 2.84. The van der Waals surface area contributed by atoms with E-state index in [4.69, 9.17) is 0 Å². The second-order valence-corrected chi connectivity index (χ2v) is 7.52. The largest absolute Gasteiger partial charge is 0.264 e. The molecule has 19 heavy (non-hydrogen) atoms. The number of nitrogens with zero attached hydrogens (tertiary/aromatic N) is 1. The van der Waals surface area contributed by atoms with E-state index < -0.39 is 9.84 Å². The van der Waals surface area contributed by atoms with Crippen LogP contribution in [0.4, 0.5) is 0 Å². The fraction of sp³-hybridized carbons (Fsp3) is 0.0714. The van der Waals surface area contributed by atoms with Crippen LogP contribution >= 0.6 is 11.3 Å². The molecule has 0 aliphatic heterocycles. The van der Waals surface area contributed by atoms with Crippen LogP contribution in [0.3, 0.4) is 0 Å². The first-order valence-electron chi connectivity index (χ1n) is 5.75. The van der Waals surface area contributed by atoms with E-state index >= 15 is 0 Å². The first-order valence-corrected chi connectivity index (χ1v) is 8.22. The molecule has 5 heteroatoms. The summed E-state index contributed by atoms with van der Waals surface area (Å²) in [5, 5.41) is 0.874. The minimum atomic E-state index is -3.28. The smallest absolute Gasteiger partial charge is 0.191 e. The third-order valence-corrected chi connectivity index (χ3v) is 6.17. The monoisotopic (exact) mass is 289 g/mol. The predicted molar refractivity (Wildman–Crippen MR) is 77.0 cm³/mol. The van der Waals surface area contributed by atoms with E-state index in [0.717, 1.165) is 15.6 Å². The van der Waals surface area contributed by atoms with Gasteiger partial charge in [-0.15, -0.1) is 11.3 Å². The van der Waals surface area contributed by atoms with Crippen LogP contribution in [-0.4, -0.2) is 13.4 Å². The normalized spacial score (nSPS) is 11.8. The maximum Gasteiger partial charge on any atom is 0.191 e. The van der Waals surface area contributed by atoms with Crippen molar-refractivity contribution in [3.05, 3.63) is 60.4 Å². The van der Waals surface area contributed by atoms with Gasteiger partial charge in [0.1, 0.15) is 4.21 Å². The summed E-state index contributed by atoms with van der Waals surface area (Å²) >= 11 is 1.30. The van der Waals surface area contributed by atoms with E-state index in [2.05, 4.69) is 4.98 Å². The van der Waals surface area contributed by atoms with Crippen molar-refractivity contribution in [2.24, 2.45) is 0 Å². The number of aromatic nitrogens is 1. The molecule has 1 aromatic carbocycles. The molecule has 0 aliphatic carbocycles. The summed E-state index contributed by atoms with van der Waals surface area (Å²) in [4.78, 5) is 4.00. The van der Waals surface area contributed by atoms with Gasteiger partial charge in [0.2, 0.25) is 0 Å². The van der Waals surface area contributed by atoms with Gasteiger partial charge in [-0.25, -0.2) is 8.42 Å². The van der Waals surface area contributed by atoms with Gasteiger partial charge in [0.15, 0.2) is 9.84 Å².